The molecule has 1 aromatic rings. The molecule has 0 heterocycles. The summed E-state index contributed by atoms with van der Waals surface area (Å²) < 4.78 is 18.6. The minimum atomic E-state index is -0.170. The lowest BCUT2D eigenvalue weighted by molar-refractivity contribution is 0.00333. The van der Waals surface area contributed by atoms with Gasteiger partial charge in [0.1, 0.15) is 5.82 Å². The third kappa shape index (κ3) is 4.62. The summed E-state index contributed by atoms with van der Waals surface area (Å²) in [5, 5.41) is 3.19. The lowest BCUT2D eigenvalue weighted by atomic mass is 10.2. The van der Waals surface area contributed by atoms with Gasteiger partial charge in [0.25, 0.3) is 0 Å². The van der Waals surface area contributed by atoms with E-state index in [4.69, 9.17) is 4.74 Å². The highest BCUT2D eigenvalue weighted by atomic mass is 19.1. The second-order valence-electron chi connectivity index (χ2n) is 4.85. The van der Waals surface area contributed by atoms with Crippen LogP contribution in [-0.4, -0.2) is 18.8 Å². The van der Waals surface area contributed by atoms with E-state index in [1.807, 2.05) is 20.8 Å². The number of halogens is 1. The zero-order chi connectivity index (χ0) is 12.2. The number of anilines is 1. The van der Waals surface area contributed by atoms with E-state index < -0.39 is 0 Å². The quantitative estimate of drug-likeness (QED) is 0.793. The number of hydrogen-bond acceptors (Lipinski definition) is 2. The average molecular weight is 225 g/mol. The fraction of sp³-hybridized carbons (Fsp3) is 0.538. The van der Waals surface area contributed by atoms with Gasteiger partial charge in [-0.05, 0) is 51.5 Å². The molecule has 0 aliphatic heterocycles. The van der Waals surface area contributed by atoms with Crippen LogP contribution in [0.1, 0.15) is 26.3 Å². The maximum Gasteiger partial charge on any atom is 0.126 e. The minimum Gasteiger partial charge on any atom is -0.383 e. The van der Waals surface area contributed by atoms with Gasteiger partial charge in [0.2, 0.25) is 0 Å². The Morgan fingerprint density at radius 2 is 2.00 bits per heavy atom. The van der Waals surface area contributed by atoms with Crippen LogP contribution in [0.5, 0.6) is 0 Å². The Labute approximate surface area is 96.8 Å². The highest BCUT2D eigenvalue weighted by Gasteiger charge is 2.08. The van der Waals surface area contributed by atoms with Crippen LogP contribution in [0.4, 0.5) is 10.1 Å². The Bertz CT molecular complexity index is 344. The molecular formula is C13H20FNO. The molecule has 1 N–H and O–H groups in total. The summed E-state index contributed by atoms with van der Waals surface area (Å²) >= 11 is 0. The molecule has 0 unspecified atom stereocenters. The van der Waals surface area contributed by atoms with E-state index in [9.17, 15) is 4.39 Å². The smallest absolute Gasteiger partial charge is 0.126 e. The van der Waals surface area contributed by atoms with Crippen molar-refractivity contribution in [2.75, 3.05) is 18.5 Å². The van der Waals surface area contributed by atoms with Crippen LogP contribution in [0, 0.1) is 12.7 Å². The Kier molecular flexibility index (Phi) is 4.30. The molecule has 0 amide bonds. The first kappa shape index (κ1) is 13.0. The van der Waals surface area contributed by atoms with Crippen molar-refractivity contribution >= 4 is 5.69 Å². The summed E-state index contributed by atoms with van der Waals surface area (Å²) in [4.78, 5) is 0. The molecule has 1 aromatic carbocycles. The van der Waals surface area contributed by atoms with Crippen LogP contribution in [-0.2, 0) is 4.74 Å². The average Bonchev–Trinajstić information content (AvgIpc) is 2.17. The van der Waals surface area contributed by atoms with E-state index >= 15 is 0 Å². The van der Waals surface area contributed by atoms with Gasteiger partial charge in [0, 0.05) is 12.2 Å². The van der Waals surface area contributed by atoms with Gasteiger partial charge in [0.15, 0.2) is 0 Å². The molecule has 0 radical (unpaired) electrons. The Balaban J connectivity index is 2.35. The molecule has 3 heteroatoms. The standard InChI is InChI=1S/C13H20FNO/c1-10-9-11(5-6-12(10)14)15-7-8-16-13(2,3)4/h5-6,9,15H,7-8H2,1-4H3. The van der Waals surface area contributed by atoms with E-state index in [0.717, 1.165) is 12.2 Å². The van der Waals surface area contributed by atoms with Crippen LogP contribution in [0.3, 0.4) is 0 Å². The monoisotopic (exact) mass is 225 g/mol. The molecule has 16 heavy (non-hydrogen) atoms. The molecule has 1 rings (SSSR count). The van der Waals surface area contributed by atoms with Crippen molar-refractivity contribution in [2.45, 2.75) is 33.3 Å². The topological polar surface area (TPSA) is 21.3 Å². The van der Waals surface area contributed by atoms with Crippen LogP contribution in [0.2, 0.25) is 0 Å². The van der Waals surface area contributed by atoms with E-state index in [1.54, 1.807) is 19.1 Å². The Morgan fingerprint density at radius 1 is 1.31 bits per heavy atom. The summed E-state index contributed by atoms with van der Waals surface area (Å²) in [6.07, 6.45) is 0. The summed E-state index contributed by atoms with van der Waals surface area (Å²) in [6, 6.07) is 5.01. The third-order valence-corrected chi connectivity index (χ3v) is 2.12. The van der Waals surface area contributed by atoms with Crippen molar-refractivity contribution in [3.63, 3.8) is 0 Å². The molecule has 0 saturated heterocycles. The zero-order valence-electron chi connectivity index (χ0n) is 10.4. The van der Waals surface area contributed by atoms with Crippen molar-refractivity contribution in [1.82, 2.24) is 0 Å². The van der Waals surface area contributed by atoms with Crippen molar-refractivity contribution < 1.29 is 9.13 Å². The molecule has 0 saturated carbocycles. The number of ether oxygens (including phenoxy) is 1. The molecule has 2 nitrogen and oxygen atoms in total. The van der Waals surface area contributed by atoms with Gasteiger partial charge >= 0.3 is 0 Å². The minimum absolute atomic E-state index is 0.111. The summed E-state index contributed by atoms with van der Waals surface area (Å²) in [6.45, 7) is 9.19. The van der Waals surface area contributed by atoms with Gasteiger partial charge in [-0.25, -0.2) is 4.39 Å². The van der Waals surface area contributed by atoms with Crippen LogP contribution in [0.25, 0.3) is 0 Å². The molecule has 0 atom stereocenters. The van der Waals surface area contributed by atoms with Gasteiger partial charge in [-0.2, -0.15) is 0 Å². The van der Waals surface area contributed by atoms with Crippen LogP contribution >= 0.6 is 0 Å². The number of hydrogen-bond donors (Lipinski definition) is 1. The molecule has 0 aliphatic carbocycles. The van der Waals surface area contributed by atoms with E-state index in [0.29, 0.717) is 12.2 Å². The molecule has 0 bridgehead atoms. The van der Waals surface area contributed by atoms with Crippen molar-refractivity contribution in [3.05, 3.63) is 29.6 Å². The summed E-state index contributed by atoms with van der Waals surface area (Å²) in [7, 11) is 0. The molecule has 0 spiro atoms. The van der Waals surface area contributed by atoms with Crippen LogP contribution in [0.15, 0.2) is 18.2 Å². The maximum absolute atomic E-state index is 13.0. The first-order valence-corrected chi connectivity index (χ1v) is 5.52. The fourth-order valence-corrected chi connectivity index (χ4v) is 1.31. The predicted octanol–water partition coefficient (Wildman–Crippen LogP) is 3.36. The van der Waals surface area contributed by atoms with E-state index in [-0.39, 0.29) is 11.4 Å². The summed E-state index contributed by atoms with van der Waals surface area (Å²) in [5.74, 6) is -0.170. The second-order valence-corrected chi connectivity index (χ2v) is 4.85. The molecule has 0 fully saturated rings. The Hall–Kier alpha value is -1.09. The second kappa shape index (κ2) is 5.30. The maximum atomic E-state index is 13.0. The lowest BCUT2D eigenvalue weighted by Gasteiger charge is -2.19. The predicted molar refractivity (Wildman–Crippen MR) is 65.3 cm³/mol. The number of benzene rings is 1. The highest BCUT2D eigenvalue weighted by molar-refractivity contribution is 5.45. The SMILES string of the molecule is Cc1cc(NCCOC(C)(C)C)ccc1F. The number of aryl methyl sites for hydroxylation is 1. The van der Waals surface area contributed by atoms with E-state index in [2.05, 4.69) is 5.32 Å². The van der Waals surface area contributed by atoms with Gasteiger partial charge in [-0.15, -0.1) is 0 Å². The van der Waals surface area contributed by atoms with Gasteiger partial charge in [-0.1, -0.05) is 0 Å². The normalized spacial score (nSPS) is 11.6. The largest absolute Gasteiger partial charge is 0.383 e. The fourth-order valence-electron chi connectivity index (χ4n) is 1.31. The van der Waals surface area contributed by atoms with E-state index in [1.165, 1.54) is 6.07 Å². The zero-order valence-corrected chi connectivity index (χ0v) is 10.4. The molecule has 0 aliphatic rings. The summed E-state index contributed by atoms with van der Waals surface area (Å²) in [5.41, 5.74) is 1.47. The van der Waals surface area contributed by atoms with Gasteiger partial charge in [0.05, 0.1) is 12.2 Å². The Morgan fingerprint density at radius 3 is 2.56 bits per heavy atom. The van der Waals surface area contributed by atoms with Gasteiger partial charge in [-0.3, -0.25) is 0 Å². The molecule has 0 aromatic heterocycles. The molecular weight excluding hydrogens is 205 g/mol. The third-order valence-electron chi connectivity index (χ3n) is 2.12. The molecule has 90 valence electrons. The highest BCUT2D eigenvalue weighted by Crippen LogP contribution is 2.13. The number of nitrogens with one attached hydrogen (secondary N) is 1. The first-order valence-electron chi connectivity index (χ1n) is 5.52. The first-order chi connectivity index (χ1) is 7.38. The lowest BCUT2D eigenvalue weighted by Crippen LogP contribution is -2.23. The van der Waals surface area contributed by atoms with Gasteiger partial charge < -0.3 is 10.1 Å². The van der Waals surface area contributed by atoms with Crippen molar-refractivity contribution in [2.24, 2.45) is 0 Å². The van der Waals surface area contributed by atoms with Crippen molar-refractivity contribution in [1.29, 1.82) is 0 Å². The van der Waals surface area contributed by atoms with Crippen LogP contribution < -0.4 is 5.32 Å². The number of rotatable bonds is 4. The van der Waals surface area contributed by atoms with Crippen molar-refractivity contribution in [3.8, 4) is 0 Å².